The second-order valence-electron chi connectivity index (χ2n) is 8.15. The predicted molar refractivity (Wildman–Crippen MR) is 118 cm³/mol. The van der Waals surface area contributed by atoms with Gasteiger partial charge in [-0.25, -0.2) is 18.2 Å². The molecule has 0 spiro atoms. The van der Waals surface area contributed by atoms with E-state index >= 15 is 4.39 Å². The Labute approximate surface area is 191 Å². The zero-order valence-corrected chi connectivity index (χ0v) is 17.9. The molecule has 34 heavy (non-hydrogen) atoms. The minimum Gasteiger partial charge on any atom is -0.508 e. The Morgan fingerprint density at radius 3 is 2.79 bits per heavy atom. The van der Waals surface area contributed by atoms with E-state index in [0.29, 0.717) is 25.5 Å². The van der Waals surface area contributed by atoms with Crippen LogP contribution in [0.3, 0.4) is 0 Å². The van der Waals surface area contributed by atoms with Crippen LogP contribution in [0, 0.1) is 17.5 Å². The number of ether oxygens (including phenoxy) is 2. The molecule has 1 fully saturated rings. The number of aromatic nitrogens is 3. The third-order valence-electron chi connectivity index (χ3n) is 6.18. The van der Waals surface area contributed by atoms with E-state index in [1.807, 2.05) is 4.90 Å². The topological polar surface area (TPSA) is 92.6 Å². The van der Waals surface area contributed by atoms with Gasteiger partial charge in [-0.05, 0) is 23.6 Å². The van der Waals surface area contributed by atoms with Crippen molar-refractivity contribution in [3.63, 3.8) is 0 Å². The Balaban J connectivity index is 1.70. The van der Waals surface area contributed by atoms with Gasteiger partial charge in [0, 0.05) is 30.6 Å². The van der Waals surface area contributed by atoms with E-state index in [9.17, 15) is 13.9 Å². The fourth-order valence-electron chi connectivity index (χ4n) is 4.62. The van der Waals surface area contributed by atoms with Crippen molar-refractivity contribution < 1.29 is 27.8 Å². The molecule has 0 amide bonds. The number of halogens is 3. The first-order valence-corrected chi connectivity index (χ1v) is 10.6. The highest BCUT2D eigenvalue weighted by Gasteiger charge is 2.34. The van der Waals surface area contributed by atoms with Crippen LogP contribution in [0.1, 0.15) is 0 Å². The average Bonchev–Trinajstić information content (AvgIpc) is 3.00. The van der Waals surface area contributed by atoms with Crippen molar-refractivity contribution in [3.05, 3.63) is 41.7 Å². The Kier molecular flexibility index (Phi) is 4.63. The fourth-order valence-corrected chi connectivity index (χ4v) is 4.62. The minimum atomic E-state index is -1.18. The van der Waals surface area contributed by atoms with Crippen LogP contribution in [0.15, 0.2) is 24.3 Å². The predicted octanol–water partition coefficient (Wildman–Crippen LogP) is 3.15. The van der Waals surface area contributed by atoms with Gasteiger partial charge in [0.15, 0.2) is 17.5 Å². The molecule has 174 valence electrons. The number of fused-ring (bicyclic) bond motifs is 3. The maximum absolute atomic E-state index is 16.0. The number of piperazine rings is 1. The number of phenolic OH excluding ortho intramolecular Hbond substituents is 1. The molecule has 6 rings (SSSR count). The first-order valence-electron chi connectivity index (χ1n) is 10.6. The van der Waals surface area contributed by atoms with Gasteiger partial charge < -0.3 is 24.8 Å². The molecule has 0 bridgehead atoms. The van der Waals surface area contributed by atoms with Crippen LogP contribution < -0.4 is 19.7 Å². The van der Waals surface area contributed by atoms with Crippen LogP contribution in [0.2, 0.25) is 0 Å². The molecule has 8 nitrogen and oxygen atoms in total. The summed E-state index contributed by atoms with van der Waals surface area (Å²) in [5, 5.41) is 13.8. The zero-order valence-electron chi connectivity index (χ0n) is 17.9. The molecule has 2 aromatic carbocycles. The second kappa shape index (κ2) is 7.59. The van der Waals surface area contributed by atoms with Gasteiger partial charge in [0.2, 0.25) is 5.88 Å². The summed E-state index contributed by atoms with van der Waals surface area (Å²) in [7, 11) is 1.37. The van der Waals surface area contributed by atoms with E-state index in [1.54, 1.807) is 0 Å². The molecule has 0 aliphatic carbocycles. The molecule has 2 aliphatic rings. The molecule has 0 radical (unpaired) electrons. The molecule has 2 aromatic heterocycles. The molecular formula is C23H18F3N5O3. The smallest absolute Gasteiger partial charge is 0.318 e. The number of aromatic hydroxyl groups is 1. The van der Waals surface area contributed by atoms with E-state index in [1.165, 1.54) is 19.2 Å². The number of nitrogens with zero attached hydrogens (tertiary/aromatic N) is 4. The standard InChI is InChI=1S/C23H18F3N5O3/c1-33-23-29-20-16-21(30-23)31-5-4-27-8-11(31)9-34-22(16)28-19(18(20)26)13-7-12(32)6-10-2-3-14(24)17(25)15(10)13/h2-3,6-7,11,27,32H,4-5,8-9H2,1H3/t11-/m0/s1. The van der Waals surface area contributed by atoms with Gasteiger partial charge in [-0.3, -0.25) is 0 Å². The Hall–Kier alpha value is -3.86. The number of nitrogens with one attached hydrogen (secondary N) is 1. The molecular weight excluding hydrogens is 451 g/mol. The lowest BCUT2D eigenvalue weighted by atomic mass is 9.99. The van der Waals surface area contributed by atoms with Crippen molar-refractivity contribution in [1.82, 2.24) is 20.3 Å². The van der Waals surface area contributed by atoms with E-state index < -0.39 is 17.5 Å². The summed E-state index contributed by atoms with van der Waals surface area (Å²) in [6.45, 7) is 2.17. The monoisotopic (exact) mass is 469 g/mol. The first kappa shape index (κ1) is 20.7. The van der Waals surface area contributed by atoms with Crippen molar-refractivity contribution in [2.24, 2.45) is 0 Å². The lowest BCUT2D eigenvalue weighted by molar-refractivity contribution is 0.266. The van der Waals surface area contributed by atoms with Crippen molar-refractivity contribution >= 4 is 27.5 Å². The highest BCUT2D eigenvalue weighted by atomic mass is 19.2. The third kappa shape index (κ3) is 3.00. The Bertz CT molecular complexity index is 1480. The molecule has 11 heteroatoms. The van der Waals surface area contributed by atoms with Gasteiger partial charge in [0.1, 0.15) is 34.8 Å². The Morgan fingerprint density at radius 1 is 1.12 bits per heavy atom. The second-order valence-corrected chi connectivity index (χ2v) is 8.15. The van der Waals surface area contributed by atoms with Crippen LogP contribution in [-0.4, -0.2) is 59.5 Å². The summed E-state index contributed by atoms with van der Waals surface area (Å²) in [6.07, 6.45) is 0. The first-order chi connectivity index (χ1) is 16.5. The number of hydrogen-bond acceptors (Lipinski definition) is 8. The molecule has 0 unspecified atom stereocenters. The number of hydrogen-bond donors (Lipinski definition) is 2. The average molecular weight is 469 g/mol. The van der Waals surface area contributed by atoms with Gasteiger partial charge >= 0.3 is 6.01 Å². The summed E-state index contributed by atoms with van der Waals surface area (Å²) >= 11 is 0. The number of anilines is 1. The molecule has 1 atom stereocenters. The van der Waals surface area contributed by atoms with Crippen LogP contribution in [0.5, 0.6) is 17.6 Å². The normalized spacial score (nSPS) is 17.4. The van der Waals surface area contributed by atoms with E-state index in [-0.39, 0.29) is 63.2 Å². The molecule has 2 aliphatic heterocycles. The van der Waals surface area contributed by atoms with E-state index in [4.69, 9.17) is 9.47 Å². The number of rotatable bonds is 2. The Morgan fingerprint density at radius 2 is 1.97 bits per heavy atom. The minimum absolute atomic E-state index is 0.0540. The van der Waals surface area contributed by atoms with Gasteiger partial charge in [-0.2, -0.15) is 9.97 Å². The summed E-state index contributed by atoms with van der Waals surface area (Å²) in [4.78, 5) is 15.0. The highest BCUT2D eigenvalue weighted by molar-refractivity contribution is 6.02. The third-order valence-corrected chi connectivity index (χ3v) is 6.18. The number of benzene rings is 2. The van der Waals surface area contributed by atoms with Gasteiger partial charge in [-0.15, -0.1) is 0 Å². The summed E-state index contributed by atoms with van der Waals surface area (Å²) in [5.74, 6) is -2.95. The highest BCUT2D eigenvalue weighted by Crippen LogP contribution is 2.42. The number of pyridine rings is 1. The van der Waals surface area contributed by atoms with Crippen LogP contribution in [0.25, 0.3) is 32.9 Å². The summed E-state index contributed by atoms with van der Waals surface area (Å²) in [6, 6.07) is 4.50. The van der Waals surface area contributed by atoms with Crippen molar-refractivity contribution in [3.8, 4) is 28.9 Å². The maximum atomic E-state index is 16.0. The van der Waals surface area contributed by atoms with Crippen LogP contribution in [-0.2, 0) is 0 Å². The van der Waals surface area contributed by atoms with Gasteiger partial charge in [0.05, 0.1) is 13.2 Å². The van der Waals surface area contributed by atoms with Crippen molar-refractivity contribution in [2.75, 3.05) is 38.3 Å². The van der Waals surface area contributed by atoms with Crippen LogP contribution in [0.4, 0.5) is 19.0 Å². The maximum Gasteiger partial charge on any atom is 0.318 e. The molecule has 2 N–H and O–H groups in total. The lowest BCUT2D eigenvalue weighted by Gasteiger charge is -2.35. The molecule has 0 saturated carbocycles. The quantitative estimate of drug-likeness (QED) is 0.463. The van der Waals surface area contributed by atoms with Gasteiger partial charge in [-0.1, -0.05) is 6.07 Å². The van der Waals surface area contributed by atoms with Crippen molar-refractivity contribution in [1.29, 1.82) is 0 Å². The summed E-state index contributed by atoms with van der Waals surface area (Å²) in [5.41, 5.74) is -0.596. The van der Waals surface area contributed by atoms with Crippen molar-refractivity contribution in [2.45, 2.75) is 6.04 Å². The number of phenols is 1. The number of methoxy groups -OCH3 is 1. The SMILES string of the molecule is COc1nc2c3c(nc(-c4cc(O)cc5ccc(F)c(F)c45)c(F)c3n1)OC[C@@H]1CNCCN21. The van der Waals surface area contributed by atoms with E-state index in [0.717, 1.165) is 12.1 Å². The fraction of sp³-hybridized carbons (Fsp3) is 0.261. The molecule has 4 aromatic rings. The lowest BCUT2D eigenvalue weighted by Crippen LogP contribution is -2.53. The summed E-state index contributed by atoms with van der Waals surface area (Å²) < 4.78 is 56.2. The largest absolute Gasteiger partial charge is 0.508 e. The zero-order chi connectivity index (χ0) is 23.6. The molecule has 1 saturated heterocycles. The molecule has 4 heterocycles. The van der Waals surface area contributed by atoms with Gasteiger partial charge in [0.25, 0.3) is 0 Å². The van der Waals surface area contributed by atoms with Crippen LogP contribution >= 0.6 is 0 Å². The van der Waals surface area contributed by atoms with E-state index in [2.05, 4.69) is 20.3 Å².